The highest BCUT2D eigenvalue weighted by Crippen LogP contribution is 2.14. The zero-order chi connectivity index (χ0) is 13.3. The van der Waals surface area contributed by atoms with Gasteiger partial charge in [-0.25, -0.2) is 0 Å². The van der Waals surface area contributed by atoms with Gasteiger partial charge in [0.05, 0.1) is 6.26 Å². The van der Waals surface area contributed by atoms with Crippen molar-refractivity contribution in [3.05, 3.63) is 73.0 Å². The quantitative estimate of drug-likeness (QED) is 0.596. The van der Waals surface area contributed by atoms with Crippen molar-refractivity contribution in [3.63, 3.8) is 0 Å². The first-order chi connectivity index (χ1) is 9.38. The SMILES string of the molecule is CC=CO[SiH](Oc1ccccc1)Oc1ccccc1. The molecule has 0 aliphatic rings. The third-order valence-corrected chi connectivity index (χ3v) is 3.59. The van der Waals surface area contributed by atoms with Crippen molar-refractivity contribution >= 4 is 9.53 Å². The predicted octanol–water partition coefficient (Wildman–Crippen LogP) is 3.41. The van der Waals surface area contributed by atoms with E-state index in [1.165, 1.54) is 0 Å². The fourth-order valence-corrected chi connectivity index (χ4v) is 2.65. The van der Waals surface area contributed by atoms with Crippen LogP contribution in [-0.4, -0.2) is 9.53 Å². The molecule has 0 unspecified atom stereocenters. The van der Waals surface area contributed by atoms with Crippen LogP contribution in [0.25, 0.3) is 0 Å². The number of hydrogen-bond acceptors (Lipinski definition) is 3. The van der Waals surface area contributed by atoms with Gasteiger partial charge in [0.1, 0.15) is 11.5 Å². The van der Waals surface area contributed by atoms with Crippen molar-refractivity contribution in [1.29, 1.82) is 0 Å². The van der Waals surface area contributed by atoms with Crippen LogP contribution in [0.1, 0.15) is 6.92 Å². The van der Waals surface area contributed by atoms with Crippen molar-refractivity contribution in [3.8, 4) is 11.5 Å². The van der Waals surface area contributed by atoms with Crippen LogP contribution in [0.4, 0.5) is 0 Å². The standard InChI is InChI=1S/C15H16O3Si/c1-2-13-16-19(17-14-9-5-3-6-10-14)18-15-11-7-4-8-12-15/h2-13,19H,1H3. The zero-order valence-electron chi connectivity index (χ0n) is 10.7. The summed E-state index contributed by atoms with van der Waals surface area (Å²) < 4.78 is 17.0. The van der Waals surface area contributed by atoms with E-state index in [4.69, 9.17) is 13.3 Å². The second-order valence-electron chi connectivity index (χ2n) is 3.76. The molecule has 0 fully saturated rings. The van der Waals surface area contributed by atoms with E-state index >= 15 is 0 Å². The van der Waals surface area contributed by atoms with E-state index in [2.05, 4.69) is 0 Å². The molecule has 0 bridgehead atoms. The first kappa shape index (κ1) is 13.2. The second-order valence-corrected chi connectivity index (χ2v) is 5.08. The molecule has 0 saturated heterocycles. The molecule has 0 N–H and O–H groups in total. The molecule has 2 aromatic carbocycles. The Balaban J connectivity index is 2.03. The smallest absolute Gasteiger partial charge is 0.493 e. The largest absolute Gasteiger partial charge is 0.682 e. The van der Waals surface area contributed by atoms with E-state index in [0.717, 1.165) is 11.5 Å². The van der Waals surface area contributed by atoms with Crippen molar-refractivity contribution in [2.45, 2.75) is 6.92 Å². The number of rotatable bonds is 6. The molecule has 0 aliphatic carbocycles. The maximum absolute atomic E-state index is 5.76. The molecule has 0 spiro atoms. The van der Waals surface area contributed by atoms with Gasteiger partial charge in [0.25, 0.3) is 0 Å². The summed E-state index contributed by atoms with van der Waals surface area (Å²) in [5, 5.41) is 0. The van der Waals surface area contributed by atoms with Crippen molar-refractivity contribution in [2.24, 2.45) is 0 Å². The molecule has 3 nitrogen and oxygen atoms in total. The van der Waals surface area contributed by atoms with Gasteiger partial charge in [-0.15, -0.1) is 0 Å². The van der Waals surface area contributed by atoms with Crippen LogP contribution >= 0.6 is 0 Å². The van der Waals surface area contributed by atoms with Gasteiger partial charge in [-0.05, 0) is 31.2 Å². The molecule has 0 heterocycles. The molecular formula is C15H16O3Si. The summed E-state index contributed by atoms with van der Waals surface area (Å²) in [5.74, 6) is 1.50. The average molecular weight is 272 g/mol. The molecule has 4 heteroatoms. The Morgan fingerprint density at radius 1 is 0.789 bits per heavy atom. The van der Waals surface area contributed by atoms with Gasteiger partial charge >= 0.3 is 9.53 Å². The average Bonchev–Trinajstić information content (AvgIpc) is 2.47. The Bertz CT molecular complexity index is 458. The highest BCUT2D eigenvalue weighted by atomic mass is 28.3. The van der Waals surface area contributed by atoms with Gasteiger partial charge < -0.3 is 13.3 Å². The van der Waals surface area contributed by atoms with Crippen molar-refractivity contribution < 1.29 is 13.3 Å². The lowest BCUT2D eigenvalue weighted by atomic mass is 10.3. The number of para-hydroxylation sites is 2. The normalized spacial score (nSPS) is 10.6. The molecule has 0 radical (unpaired) electrons. The third-order valence-electron chi connectivity index (χ3n) is 2.28. The van der Waals surface area contributed by atoms with Crippen LogP contribution in [0.2, 0.25) is 0 Å². The van der Waals surface area contributed by atoms with Crippen LogP contribution in [0.5, 0.6) is 11.5 Å². The topological polar surface area (TPSA) is 27.7 Å². The van der Waals surface area contributed by atoms with Gasteiger partial charge in [0.15, 0.2) is 0 Å². The van der Waals surface area contributed by atoms with Crippen LogP contribution in [0.15, 0.2) is 73.0 Å². The molecule has 98 valence electrons. The Kier molecular flexibility index (Phi) is 5.07. The van der Waals surface area contributed by atoms with Crippen molar-refractivity contribution in [1.82, 2.24) is 0 Å². The maximum atomic E-state index is 5.76. The van der Waals surface area contributed by atoms with Gasteiger partial charge in [-0.3, -0.25) is 0 Å². The van der Waals surface area contributed by atoms with Gasteiger partial charge in [-0.1, -0.05) is 42.5 Å². The lowest BCUT2D eigenvalue weighted by molar-refractivity contribution is 0.276. The molecule has 0 amide bonds. The summed E-state index contributed by atoms with van der Waals surface area (Å²) in [6, 6.07) is 19.1. The lowest BCUT2D eigenvalue weighted by Crippen LogP contribution is -2.32. The minimum absolute atomic E-state index is 0.750. The molecule has 0 aliphatic heterocycles. The predicted molar refractivity (Wildman–Crippen MR) is 77.2 cm³/mol. The van der Waals surface area contributed by atoms with E-state index in [9.17, 15) is 0 Å². The van der Waals surface area contributed by atoms with Crippen LogP contribution in [0, 0.1) is 0 Å². The fourth-order valence-electron chi connectivity index (χ4n) is 1.44. The van der Waals surface area contributed by atoms with E-state index in [0.29, 0.717) is 0 Å². The van der Waals surface area contributed by atoms with Crippen LogP contribution in [-0.2, 0) is 4.43 Å². The monoisotopic (exact) mass is 272 g/mol. The second kappa shape index (κ2) is 7.28. The minimum atomic E-state index is -2.29. The molecule has 0 aromatic heterocycles. The summed E-state index contributed by atoms with van der Waals surface area (Å²) in [6.45, 7) is 1.89. The molecule has 0 atom stereocenters. The third kappa shape index (κ3) is 4.52. The molecule has 2 rings (SSSR count). The fraction of sp³-hybridized carbons (Fsp3) is 0.0667. The van der Waals surface area contributed by atoms with E-state index in [1.807, 2.05) is 73.7 Å². The Morgan fingerprint density at radius 3 is 1.68 bits per heavy atom. The summed E-state index contributed by atoms with van der Waals surface area (Å²) in [4.78, 5) is 0. The van der Waals surface area contributed by atoms with Gasteiger partial charge in [0.2, 0.25) is 0 Å². The zero-order valence-corrected chi connectivity index (χ0v) is 11.9. The van der Waals surface area contributed by atoms with Gasteiger partial charge in [-0.2, -0.15) is 0 Å². The minimum Gasteiger partial charge on any atom is -0.493 e. The summed E-state index contributed by atoms with van der Waals surface area (Å²) in [7, 11) is -2.29. The highest BCUT2D eigenvalue weighted by molar-refractivity contribution is 6.38. The first-order valence-electron chi connectivity index (χ1n) is 6.08. The number of allylic oxidation sites excluding steroid dienone is 1. The Hall–Kier alpha value is -2.20. The Labute approximate surface area is 115 Å². The molecular weight excluding hydrogens is 256 g/mol. The Morgan fingerprint density at radius 2 is 1.26 bits per heavy atom. The van der Waals surface area contributed by atoms with E-state index < -0.39 is 9.53 Å². The van der Waals surface area contributed by atoms with Crippen LogP contribution in [0.3, 0.4) is 0 Å². The van der Waals surface area contributed by atoms with Crippen LogP contribution < -0.4 is 8.85 Å². The highest BCUT2D eigenvalue weighted by Gasteiger charge is 2.20. The number of hydrogen-bond donors (Lipinski definition) is 0. The summed E-state index contributed by atoms with van der Waals surface area (Å²) >= 11 is 0. The first-order valence-corrected chi connectivity index (χ1v) is 7.50. The van der Waals surface area contributed by atoms with E-state index in [1.54, 1.807) is 6.26 Å². The summed E-state index contributed by atoms with van der Waals surface area (Å²) in [6.07, 6.45) is 3.41. The summed E-state index contributed by atoms with van der Waals surface area (Å²) in [5.41, 5.74) is 0. The molecule has 2 aromatic rings. The lowest BCUT2D eigenvalue weighted by Gasteiger charge is -2.16. The molecule has 19 heavy (non-hydrogen) atoms. The van der Waals surface area contributed by atoms with Crippen molar-refractivity contribution in [2.75, 3.05) is 0 Å². The maximum Gasteiger partial charge on any atom is 0.682 e. The molecule has 0 saturated carbocycles. The van der Waals surface area contributed by atoms with Gasteiger partial charge in [0, 0.05) is 0 Å². The van der Waals surface area contributed by atoms with E-state index in [-0.39, 0.29) is 0 Å². The number of benzene rings is 2.